The lowest BCUT2D eigenvalue weighted by Crippen LogP contribution is -2.08. The summed E-state index contributed by atoms with van der Waals surface area (Å²) < 4.78 is 6.05. The number of carbonyl (C=O) groups excluding carboxylic acids is 1. The molecule has 2 nitrogen and oxygen atoms in total. The molecule has 0 aliphatic carbocycles. The number of thioether (sulfide) groups is 2. The summed E-state index contributed by atoms with van der Waals surface area (Å²) in [5.41, 5.74) is 0. The Labute approximate surface area is 81.1 Å². The first-order chi connectivity index (χ1) is 5.68. The molecule has 12 heavy (non-hydrogen) atoms. The van der Waals surface area contributed by atoms with E-state index >= 15 is 0 Å². The van der Waals surface area contributed by atoms with Crippen molar-refractivity contribution in [1.29, 1.82) is 0 Å². The predicted octanol–water partition coefficient (Wildman–Crippen LogP) is 2.26. The number of esters is 1. The van der Waals surface area contributed by atoms with Gasteiger partial charge in [0.15, 0.2) is 0 Å². The summed E-state index contributed by atoms with van der Waals surface area (Å²) >= 11 is 3.44. The van der Waals surface area contributed by atoms with Crippen molar-refractivity contribution >= 4 is 29.5 Å². The normalized spacial score (nSPS) is 16.8. The Morgan fingerprint density at radius 1 is 1.50 bits per heavy atom. The van der Waals surface area contributed by atoms with Crippen LogP contribution < -0.4 is 0 Å². The fraction of sp³-hybridized carbons (Fsp3) is 0.625. The Kier molecular flexibility index (Phi) is 4.01. The van der Waals surface area contributed by atoms with Gasteiger partial charge < -0.3 is 4.74 Å². The highest BCUT2D eigenvalue weighted by Crippen LogP contribution is 2.35. The van der Waals surface area contributed by atoms with E-state index in [1.807, 2.05) is 13.8 Å². The third-order valence-electron chi connectivity index (χ3n) is 1.16. The van der Waals surface area contributed by atoms with E-state index in [-0.39, 0.29) is 12.1 Å². The van der Waals surface area contributed by atoms with E-state index in [1.54, 1.807) is 29.6 Å². The van der Waals surface area contributed by atoms with Gasteiger partial charge in [-0.2, -0.15) is 0 Å². The maximum Gasteiger partial charge on any atom is 0.332 e. The van der Waals surface area contributed by atoms with E-state index in [4.69, 9.17) is 4.74 Å². The summed E-state index contributed by atoms with van der Waals surface area (Å²) in [6.45, 7) is 3.71. The van der Waals surface area contributed by atoms with Crippen molar-refractivity contribution in [3.63, 3.8) is 0 Å². The summed E-state index contributed by atoms with van der Waals surface area (Å²) in [6.07, 6.45) is 1.56. The molecular formula is C8H12O2S2. The number of hydrogen-bond acceptors (Lipinski definition) is 4. The van der Waals surface area contributed by atoms with Crippen LogP contribution in [0.2, 0.25) is 0 Å². The van der Waals surface area contributed by atoms with Crippen LogP contribution in [0.1, 0.15) is 13.8 Å². The van der Waals surface area contributed by atoms with Gasteiger partial charge in [-0.1, -0.05) is 0 Å². The van der Waals surface area contributed by atoms with Gasteiger partial charge in [-0.15, -0.1) is 23.5 Å². The third-order valence-corrected chi connectivity index (χ3v) is 3.75. The molecule has 0 amide bonds. The van der Waals surface area contributed by atoms with Crippen LogP contribution in [0.3, 0.4) is 0 Å². The number of hydrogen-bond donors (Lipinski definition) is 0. The molecule has 0 radical (unpaired) electrons. The highest BCUT2D eigenvalue weighted by Gasteiger charge is 2.10. The minimum atomic E-state index is -0.220. The fourth-order valence-electron chi connectivity index (χ4n) is 0.772. The average Bonchev–Trinajstić information content (AvgIpc) is 2.37. The molecule has 4 heteroatoms. The van der Waals surface area contributed by atoms with E-state index in [2.05, 4.69) is 0 Å². The van der Waals surface area contributed by atoms with Crippen LogP contribution in [0, 0.1) is 0 Å². The summed E-state index contributed by atoms with van der Waals surface area (Å²) in [5.74, 6) is 1.98. The molecular weight excluding hydrogens is 192 g/mol. The SMILES string of the molecule is CC(C)OC(=O)C=C1SCCS1. The van der Waals surface area contributed by atoms with Crippen molar-refractivity contribution in [2.45, 2.75) is 20.0 Å². The fourth-order valence-corrected chi connectivity index (χ4v) is 3.03. The minimum absolute atomic E-state index is 0.0225. The van der Waals surface area contributed by atoms with Gasteiger partial charge in [0.2, 0.25) is 0 Å². The van der Waals surface area contributed by atoms with Gasteiger partial charge in [0, 0.05) is 21.8 Å². The summed E-state index contributed by atoms with van der Waals surface area (Å²) in [6, 6.07) is 0. The third kappa shape index (κ3) is 3.54. The quantitative estimate of drug-likeness (QED) is 0.509. The van der Waals surface area contributed by atoms with Crippen LogP contribution >= 0.6 is 23.5 Å². The van der Waals surface area contributed by atoms with Gasteiger partial charge in [0.25, 0.3) is 0 Å². The van der Waals surface area contributed by atoms with E-state index in [0.717, 1.165) is 15.7 Å². The van der Waals surface area contributed by atoms with Gasteiger partial charge in [-0.05, 0) is 13.8 Å². The Balaban J connectivity index is 2.38. The maximum absolute atomic E-state index is 11.1. The van der Waals surface area contributed by atoms with Crippen molar-refractivity contribution in [2.24, 2.45) is 0 Å². The van der Waals surface area contributed by atoms with E-state index in [1.165, 1.54) is 0 Å². The molecule has 0 atom stereocenters. The highest BCUT2D eigenvalue weighted by molar-refractivity contribution is 8.25. The highest BCUT2D eigenvalue weighted by atomic mass is 32.2. The lowest BCUT2D eigenvalue weighted by Gasteiger charge is -2.04. The number of ether oxygens (including phenoxy) is 1. The molecule has 0 aromatic carbocycles. The largest absolute Gasteiger partial charge is 0.460 e. The molecule has 0 aromatic heterocycles. The second kappa shape index (κ2) is 4.82. The van der Waals surface area contributed by atoms with Crippen molar-refractivity contribution in [1.82, 2.24) is 0 Å². The maximum atomic E-state index is 11.1. The van der Waals surface area contributed by atoms with E-state index in [9.17, 15) is 4.79 Å². The van der Waals surface area contributed by atoms with Crippen LogP contribution in [0.5, 0.6) is 0 Å². The number of carbonyl (C=O) groups is 1. The summed E-state index contributed by atoms with van der Waals surface area (Å²) in [5, 5.41) is 0. The zero-order valence-corrected chi connectivity index (χ0v) is 8.83. The zero-order valence-electron chi connectivity index (χ0n) is 7.20. The molecule has 0 N–H and O–H groups in total. The molecule has 1 fully saturated rings. The van der Waals surface area contributed by atoms with Crippen LogP contribution in [0.25, 0.3) is 0 Å². The lowest BCUT2D eigenvalue weighted by molar-refractivity contribution is -0.141. The molecule has 1 aliphatic rings. The molecule has 0 saturated carbocycles. The van der Waals surface area contributed by atoms with Crippen molar-refractivity contribution < 1.29 is 9.53 Å². The van der Waals surface area contributed by atoms with Gasteiger partial charge in [0.1, 0.15) is 0 Å². The molecule has 0 bridgehead atoms. The first-order valence-electron chi connectivity index (χ1n) is 3.86. The molecule has 1 heterocycles. The average molecular weight is 204 g/mol. The van der Waals surface area contributed by atoms with Crippen molar-refractivity contribution in [3.8, 4) is 0 Å². The second-order valence-corrected chi connectivity index (χ2v) is 5.18. The van der Waals surface area contributed by atoms with Gasteiger partial charge in [-0.25, -0.2) is 4.79 Å². The van der Waals surface area contributed by atoms with Crippen LogP contribution in [0.4, 0.5) is 0 Å². The molecule has 0 unspecified atom stereocenters. The zero-order chi connectivity index (χ0) is 8.97. The van der Waals surface area contributed by atoms with Crippen LogP contribution in [-0.4, -0.2) is 23.6 Å². The lowest BCUT2D eigenvalue weighted by atomic mass is 10.5. The Bertz CT molecular complexity index is 191. The molecule has 0 spiro atoms. The summed E-state index contributed by atoms with van der Waals surface area (Å²) in [4.78, 5) is 11.1. The van der Waals surface area contributed by atoms with Crippen molar-refractivity contribution in [2.75, 3.05) is 11.5 Å². The first kappa shape index (κ1) is 9.99. The Morgan fingerprint density at radius 3 is 2.58 bits per heavy atom. The molecule has 1 rings (SSSR count). The summed E-state index contributed by atoms with van der Waals surface area (Å²) in [7, 11) is 0. The second-order valence-electron chi connectivity index (χ2n) is 2.65. The van der Waals surface area contributed by atoms with E-state index < -0.39 is 0 Å². The Morgan fingerprint density at radius 2 is 2.08 bits per heavy atom. The molecule has 1 saturated heterocycles. The Hall–Kier alpha value is -0.0900. The molecule has 0 aromatic rings. The predicted molar refractivity (Wildman–Crippen MR) is 54.2 cm³/mol. The molecule has 1 aliphatic heterocycles. The smallest absolute Gasteiger partial charge is 0.332 e. The van der Waals surface area contributed by atoms with Gasteiger partial charge in [0.05, 0.1) is 6.10 Å². The topological polar surface area (TPSA) is 26.3 Å². The van der Waals surface area contributed by atoms with E-state index in [0.29, 0.717) is 0 Å². The first-order valence-corrected chi connectivity index (χ1v) is 5.83. The van der Waals surface area contributed by atoms with Crippen LogP contribution in [-0.2, 0) is 9.53 Å². The standard InChI is InChI=1S/C8H12O2S2/c1-6(2)10-7(9)5-8-11-3-4-12-8/h5-6H,3-4H2,1-2H3. The monoisotopic (exact) mass is 204 g/mol. The van der Waals surface area contributed by atoms with Gasteiger partial charge >= 0.3 is 5.97 Å². The molecule has 68 valence electrons. The van der Waals surface area contributed by atoms with Crippen molar-refractivity contribution in [3.05, 3.63) is 10.3 Å². The number of rotatable bonds is 2. The minimum Gasteiger partial charge on any atom is -0.460 e. The van der Waals surface area contributed by atoms with Gasteiger partial charge in [-0.3, -0.25) is 0 Å². The van der Waals surface area contributed by atoms with Crippen LogP contribution in [0.15, 0.2) is 10.3 Å².